The lowest BCUT2D eigenvalue weighted by molar-refractivity contribution is 0.415. The Balaban J connectivity index is 1.81. The fraction of sp³-hybridized carbons (Fsp3) is 0.167. The number of sulfone groups is 1. The van der Waals surface area contributed by atoms with Crippen LogP contribution in [0.5, 0.6) is 5.75 Å². The lowest BCUT2D eigenvalue weighted by Gasteiger charge is -2.02. The molecule has 0 unspecified atom stereocenters. The van der Waals surface area contributed by atoms with E-state index < -0.39 is 9.84 Å². The number of nitrogens with zero attached hydrogens (tertiary/aromatic N) is 1. The highest BCUT2D eigenvalue weighted by Crippen LogP contribution is 2.23. The third-order valence-corrected chi connectivity index (χ3v) is 5.27. The van der Waals surface area contributed by atoms with Gasteiger partial charge in [0, 0.05) is 5.56 Å². The van der Waals surface area contributed by atoms with E-state index in [-0.39, 0.29) is 10.6 Å². The predicted octanol–water partition coefficient (Wildman–Crippen LogP) is 3.63. The minimum atomic E-state index is -3.45. The standard InChI is InChI=1S/C18H17NO4S/c1-13-3-9-17(10-4-13)24(20,21)12-15-11-23-18(19-15)14-5-7-16(22-2)8-6-14/h3-11H,12H2,1-2H3. The van der Waals surface area contributed by atoms with Gasteiger partial charge in [0.15, 0.2) is 9.84 Å². The number of benzene rings is 2. The molecular weight excluding hydrogens is 326 g/mol. The summed E-state index contributed by atoms with van der Waals surface area (Å²) in [6.45, 7) is 1.91. The third-order valence-electron chi connectivity index (χ3n) is 3.61. The van der Waals surface area contributed by atoms with Gasteiger partial charge in [-0.15, -0.1) is 0 Å². The van der Waals surface area contributed by atoms with E-state index in [1.807, 2.05) is 19.1 Å². The average molecular weight is 343 g/mol. The Morgan fingerprint density at radius 2 is 1.71 bits per heavy atom. The van der Waals surface area contributed by atoms with E-state index in [2.05, 4.69) is 4.98 Å². The second-order valence-electron chi connectivity index (χ2n) is 5.44. The quantitative estimate of drug-likeness (QED) is 0.707. The van der Waals surface area contributed by atoms with Gasteiger partial charge < -0.3 is 9.15 Å². The van der Waals surface area contributed by atoms with Crippen molar-refractivity contribution >= 4 is 9.84 Å². The molecule has 0 aliphatic heterocycles. The zero-order chi connectivity index (χ0) is 17.2. The van der Waals surface area contributed by atoms with Gasteiger partial charge in [-0.25, -0.2) is 13.4 Å². The van der Waals surface area contributed by atoms with Crippen LogP contribution in [0.2, 0.25) is 0 Å². The Labute approximate surface area is 140 Å². The molecule has 0 saturated heterocycles. The summed E-state index contributed by atoms with van der Waals surface area (Å²) in [5.74, 6) is 0.912. The van der Waals surface area contributed by atoms with Crippen molar-refractivity contribution in [2.24, 2.45) is 0 Å². The molecule has 1 heterocycles. The van der Waals surface area contributed by atoms with Gasteiger partial charge in [-0.1, -0.05) is 17.7 Å². The fourth-order valence-corrected chi connectivity index (χ4v) is 3.50. The molecule has 1 aromatic heterocycles. The summed E-state index contributed by atoms with van der Waals surface area (Å²) in [6, 6.07) is 14.0. The van der Waals surface area contributed by atoms with E-state index in [0.29, 0.717) is 11.6 Å². The van der Waals surface area contributed by atoms with Gasteiger partial charge in [0.1, 0.15) is 17.8 Å². The normalized spacial score (nSPS) is 11.4. The predicted molar refractivity (Wildman–Crippen MR) is 90.6 cm³/mol. The van der Waals surface area contributed by atoms with Crippen LogP contribution in [0.25, 0.3) is 11.5 Å². The second kappa shape index (κ2) is 6.49. The first kappa shape index (κ1) is 16.3. The van der Waals surface area contributed by atoms with Crippen molar-refractivity contribution in [3.05, 3.63) is 66.1 Å². The minimum Gasteiger partial charge on any atom is -0.497 e. The molecule has 3 rings (SSSR count). The molecule has 6 heteroatoms. The van der Waals surface area contributed by atoms with Crippen molar-refractivity contribution in [1.29, 1.82) is 0 Å². The Kier molecular flexibility index (Phi) is 4.40. The van der Waals surface area contributed by atoms with Gasteiger partial charge in [0.25, 0.3) is 0 Å². The van der Waals surface area contributed by atoms with Crippen LogP contribution in [0.3, 0.4) is 0 Å². The molecule has 0 aliphatic carbocycles. The number of hydrogen-bond donors (Lipinski definition) is 0. The molecular formula is C18H17NO4S. The van der Waals surface area contributed by atoms with Crippen LogP contribution in [-0.4, -0.2) is 20.5 Å². The average Bonchev–Trinajstić information content (AvgIpc) is 3.03. The summed E-state index contributed by atoms with van der Waals surface area (Å²) in [5, 5.41) is 0. The van der Waals surface area contributed by atoms with E-state index >= 15 is 0 Å². The Morgan fingerprint density at radius 3 is 2.33 bits per heavy atom. The number of hydrogen-bond acceptors (Lipinski definition) is 5. The molecule has 0 saturated carbocycles. The molecule has 3 aromatic rings. The van der Waals surface area contributed by atoms with Crippen molar-refractivity contribution in [3.8, 4) is 17.2 Å². The highest BCUT2D eigenvalue weighted by atomic mass is 32.2. The van der Waals surface area contributed by atoms with Gasteiger partial charge in [0.05, 0.1) is 17.7 Å². The number of aromatic nitrogens is 1. The second-order valence-corrected chi connectivity index (χ2v) is 7.43. The lowest BCUT2D eigenvalue weighted by Crippen LogP contribution is -2.05. The van der Waals surface area contributed by atoms with Crippen LogP contribution in [0.4, 0.5) is 0 Å². The summed E-state index contributed by atoms with van der Waals surface area (Å²) in [7, 11) is -1.86. The van der Waals surface area contributed by atoms with Crippen LogP contribution >= 0.6 is 0 Å². The van der Waals surface area contributed by atoms with Gasteiger partial charge in [0.2, 0.25) is 5.89 Å². The van der Waals surface area contributed by atoms with Crippen LogP contribution in [0, 0.1) is 6.92 Å². The minimum absolute atomic E-state index is 0.199. The van der Waals surface area contributed by atoms with E-state index in [0.717, 1.165) is 16.9 Å². The number of methoxy groups -OCH3 is 1. The topological polar surface area (TPSA) is 69.4 Å². The Bertz CT molecular complexity index is 926. The van der Waals surface area contributed by atoms with Crippen LogP contribution < -0.4 is 4.74 Å². The molecule has 24 heavy (non-hydrogen) atoms. The molecule has 124 valence electrons. The van der Waals surface area contributed by atoms with E-state index in [9.17, 15) is 8.42 Å². The fourth-order valence-electron chi connectivity index (χ4n) is 2.26. The summed E-state index contributed by atoms with van der Waals surface area (Å²) < 4.78 is 35.4. The molecule has 0 spiro atoms. The van der Waals surface area contributed by atoms with Crippen LogP contribution in [0.15, 0.2) is 64.1 Å². The first-order chi connectivity index (χ1) is 11.5. The molecule has 0 atom stereocenters. The Hall–Kier alpha value is -2.60. The molecule has 0 bridgehead atoms. The van der Waals surface area contributed by atoms with Crippen molar-refractivity contribution in [2.45, 2.75) is 17.6 Å². The zero-order valence-corrected chi connectivity index (χ0v) is 14.2. The maximum absolute atomic E-state index is 12.4. The summed E-state index contributed by atoms with van der Waals surface area (Å²) >= 11 is 0. The summed E-state index contributed by atoms with van der Waals surface area (Å²) in [4.78, 5) is 4.56. The van der Waals surface area contributed by atoms with Crippen molar-refractivity contribution in [1.82, 2.24) is 4.98 Å². The molecule has 5 nitrogen and oxygen atoms in total. The number of rotatable bonds is 5. The highest BCUT2D eigenvalue weighted by molar-refractivity contribution is 7.90. The van der Waals surface area contributed by atoms with Gasteiger partial charge in [-0.3, -0.25) is 0 Å². The summed E-state index contributed by atoms with van der Waals surface area (Å²) in [5.41, 5.74) is 2.15. The summed E-state index contributed by atoms with van der Waals surface area (Å²) in [6.07, 6.45) is 1.38. The molecule has 2 aromatic carbocycles. The SMILES string of the molecule is COc1ccc(-c2nc(CS(=O)(=O)c3ccc(C)cc3)co2)cc1. The monoisotopic (exact) mass is 343 g/mol. The molecule has 0 fully saturated rings. The van der Waals surface area contributed by atoms with Crippen molar-refractivity contribution < 1.29 is 17.6 Å². The smallest absolute Gasteiger partial charge is 0.226 e. The number of ether oxygens (including phenoxy) is 1. The maximum atomic E-state index is 12.4. The first-order valence-electron chi connectivity index (χ1n) is 7.36. The van der Waals surface area contributed by atoms with Gasteiger partial charge in [-0.2, -0.15) is 0 Å². The zero-order valence-electron chi connectivity index (χ0n) is 13.4. The third kappa shape index (κ3) is 3.49. The van der Waals surface area contributed by atoms with E-state index in [1.165, 1.54) is 6.26 Å². The maximum Gasteiger partial charge on any atom is 0.226 e. The van der Waals surface area contributed by atoms with E-state index in [4.69, 9.17) is 9.15 Å². The largest absolute Gasteiger partial charge is 0.497 e. The van der Waals surface area contributed by atoms with Crippen LogP contribution in [-0.2, 0) is 15.6 Å². The van der Waals surface area contributed by atoms with Crippen molar-refractivity contribution in [3.63, 3.8) is 0 Å². The van der Waals surface area contributed by atoms with E-state index in [1.54, 1.807) is 43.5 Å². The molecule has 0 aliphatic rings. The molecule has 0 radical (unpaired) electrons. The van der Waals surface area contributed by atoms with Gasteiger partial charge >= 0.3 is 0 Å². The van der Waals surface area contributed by atoms with Crippen LogP contribution in [0.1, 0.15) is 11.3 Å². The highest BCUT2D eigenvalue weighted by Gasteiger charge is 2.18. The molecule has 0 amide bonds. The lowest BCUT2D eigenvalue weighted by atomic mass is 10.2. The first-order valence-corrected chi connectivity index (χ1v) is 9.01. The molecule has 0 N–H and O–H groups in total. The van der Waals surface area contributed by atoms with Crippen molar-refractivity contribution in [2.75, 3.05) is 7.11 Å². The Morgan fingerprint density at radius 1 is 1.04 bits per heavy atom. The van der Waals surface area contributed by atoms with Gasteiger partial charge in [-0.05, 0) is 43.3 Å². The number of aryl methyl sites for hydroxylation is 1. The number of oxazole rings is 1.